The molecule has 0 amide bonds. The van der Waals surface area contributed by atoms with E-state index < -0.39 is 0 Å². The van der Waals surface area contributed by atoms with Crippen molar-refractivity contribution in [2.75, 3.05) is 13.7 Å². The first-order chi connectivity index (χ1) is 12.5. The number of nitrogens with zero attached hydrogens (tertiary/aromatic N) is 1. The van der Waals surface area contributed by atoms with E-state index in [1.54, 1.807) is 7.11 Å². The summed E-state index contributed by atoms with van der Waals surface area (Å²) in [6.45, 7) is 9.07. The maximum absolute atomic E-state index is 6.06. The molecule has 0 atom stereocenters. The first kappa shape index (κ1) is 19.6. The first-order valence-electron chi connectivity index (χ1n) is 8.70. The standard InChI is InChI=1S/C22H27NO3/c1-6-7-12-25-21-13-16(2)22(17(3)14-21)26-15-19-8-10-20(11-9-19)18(4)23-24-5/h6-11,13-14H,12,15H2,1-5H3/b7-6+,23-18?. The molecule has 2 aromatic rings. The van der Waals surface area contributed by atoms with Gasteiger partial charge in [0.25, 0.3) is 0 Å². The number of hydrogen-bond acceptors (Lipinski definition) is 4. The van der Waals surface area contributed by atoms with E-state index in [9.17, 15) is 0 Å². The second-order valence-corrected chi connectivity index (χ2v) is 6.11. The highest BCUT2D eigenvalue weighted by molar-refractivity contribution is 5.98. The first-order valence-corrected chi connectivity index (χ1v) is 8.70. The van der Waals surface area contributed by atoms with Crippen LogP contribution >= 0.6 is 0 Å². The molecule has 4 nitrogen and oxygen atoms in total. The molecule has 0 aliphatic carbocycles. The van der Waals surface area contributed by atoms with Crippen LogP contribution < -0.4 is 9.47 Å². The molecule has 26 heavy (non-hydrogen) atoms. The molecular formula is C22H27NO3. The predicted molar refractivity (Wildman–Crippen MR) is 106 cm³/mol. The van der Waals surface area contributed by atoms with Crippen LogP contribution in [-0.2, 0) is 11.4 Å². The summed E-state index contributed by atoms with van der Waals surface area (Å²) < 4.78 is 11.8. The van der Waals surface area contributed by atoms with Crippen molar-refractivity contribution in [1.29, 1.82) is 0 Å². The molecule has 0 spiro atoms. The Labute approximate surface area is 156 Å². The topological polar surface area (TPSA) is 40.0 Å². The highest BCUT2D eigenvalue weighted by Crippen LogP contribution is 2.29. The molecule has 0 bridgehead atoms. The maximum Gasteiger partial charge on any atom is 0.125 e. The number of benzene rings is 2. The summed E-state index contributed by atoms with van der Waals surface area (Å²) in [5, 5.41) is 3.95. The summed E-state index contributed by atoms with van der Waals surface area (Å²) in [4.78, 5) is 4.81. The van der Waals surface area contributed by atoms with Gasteiger partial charge in [-0.3, -0.25) is 0 Å². The molecule has 0 heterocycles. The second kappa shape index (κ2) is 9.66. The van der Waals surface area contributed by atoms with Gasteiger partial charge >= 0.3 is 0 Å². The number of aryl methyl sites for hydroxylation is 2. The Bertz CT molecular complexity index is 753. The third-order valence-electron chi connectivity index (χ3n) is 4.00. The van der Waals surface area contributed by atoms with Crippen LogP contribution in [0.2, 0.25) is 0 Å². The van der Waals surface area contributed by atoms with Crippen molar-refractivity contribution in [2.45, 2.75) is 34.3 Å². The van der Waals surface area contributed by atoms with Crippen molar-refractivity contribution in [3.63, 3.8) is 0 Å². The molecule has 0 fully saturated rings. The van der Waals surface area contributed by atoms with Gasteiger partial charge in [0.15, 0.2) is 0 Å². The Morgan fingerprint density at radius 2 is 1.69 bits per heavy atom. The Hall–Kier alpha value is -2.75. The fourth-order valence-corrected chi connectivity index (χ4v) is 2.65. The van der Waals surface area contributed by atoms with Gasteiger partial charge in [-0.15, -0.1) is 0 Å². The van der Waals surface area contributed by atoms with Crippen molar-refractivity contribution in [3.05, 3.63) is 70.8 Å². The van der Waals surface area contributed by atoms with Crippen LogP contribution in [0.4, 0.5) is 0 Å². The highest BCUT2D eigenvalue weighted by Gasteiger charge is 2.08. The largest absolute Gasteiger partial charge is 0.490 e. The van der Waals surface area contributed by atoms with Crippen molar-refractivity contribution in [1.82, 2.24) is 0 Å². The summed E-state index contributed by atoms with van der Waals surface area (Å²) in [6.07, 6.45) is 3.96. The van der Waals surface area contributed by atoms with Gasteiger partial charge in [-0.25, -0.2) is 0 Å². The SMILES string of the molecule is C/C=C/COc1cc(C)c(OCc2ccc(C(C)=NOC)cc2)c(C)c1. The van der Waals surface area contributed by atoms with E-state index in [1.165, 1.54) is 0 Å². The summed E-state index contributed by atoms with van der Waals surface area (Å²) >= 11 is 0. The zero-order chi connectivity index (χ0) is 18.9. The molecule has 0 aromatic heterocycles. The number of ether oxygens (including phenoxy) is 2. The third kappa shape index (κ3) is 5.38. The molecule has 0 N–H and O–H groups in total. The van der Waals surface area contributed by atoms with E-state index in [2.05, 4.69) is 5.16 Å². The van der Waals surface area contributed by atoms with Crippen molar-refractivity contribution < 1.29 is 14.3 Å². The molecule has 2 rings (SSSR count). The van der Waals surface area contributed by atoms with Crippen LogP contribution in [-0.4, -0.2) is 19.4 Å². The normalized spacial score (nSPS) is 11.7. The van der Waals surface area contributed by atoms with E-state index in [0.717, 1.165) is 39.5 Å². The average molecular weight is 353 g/mol. The van der Waals surface area contributed by atoms with Gasteiger partial charge in [-0.1, -0.05) is 41.6 Å². The molecule has 2 aromatic carbocycles. The molecular weight excluding hydrogens is 326 g/mol. The summed E-state index contributed by atoms with van der Waals surface area (Å²) in [7, 11) is 1.55. The Morgan fingerprint density at radius 3 is 2.27 bits per heavy atom. The monoisotopic (exact) mass is 353 g/mol. The lowest BCUT2D eigenvalue weighted by atomic mass is 10.1. The van der Waals surface area contributed by atoms with Crippen molar-refractivity contribution in [3.8, 4) is 11.5 Å². The van der Waals surface area contributed by atoms with E-state index in [1.807, 2.05) is 76.2 Å². The van der Waals surface area contributed by atoms with Crippen molar-refractivity contribution >= 4 is 5.71 Å². The number of hydrogen-bond donors (Lipinski definition) is 0. The van der Waals surface area contributed by atoms with E-state index >= 15 is 0 Å². The predicted octanol–water partition coefficient (Wildman–Crippen LogP) is 5.21. The van der Waals surface area contributed by atoms with Crippen molar-refractivity contribution in [2.24, 2.45) is 5.16 Å². The molecule has 0 unspecified atom stereocenters. The lowest BCUT2D eigenvalue weighted by Crippen LogP contribution is -2.02. The minimum absolute atomic E-state index is 0.515. The summed E-state index contributed by atoms with van der Waals surface area (Å²) in [5.41, 5.74) is 5.12. The molecule has 0 aliphatic rings. The lowest BCUT2D eigenvalue weighted by Gasteiger charge is -2.14. The van der Waals surface area contributed by atoms with Gasteiger partial charge in [0.05, 0.1) is 5.71 Å². The van der Waals surface area contributed by atoms with E-state index in [4.69, 9.17) is 14.3 Å². The zero-order valence-corrected chi connectivity index (χ0v) is 16.2. The quantitative estimate of drug-likeness (QED) is 0.372. The fourth-order valence-electron chi connectivity index (χ4n) is 2.65. The van der Waals surface area contributed by atoms with Gasteiger partial charge in [-0.05, 0) is 62.1 Å². The van der Waals surface area contributed by atoms with Crippen LogP contribution in [0.1, 0.15) is 36.1 Å². The Balaban J connectivity index is 2.04. The Morgan fingerprint density at radius 1 is 1.04 bits per heavy atom. The third-order valence-corrected chi connectivity index (χ3v) is 4.00. The van der Waals surface area contributed by atoms with Crippen LogP contribution in [0.5, 0.6) is 11.5 Å². The van der Waals surface area contributed by atoms with Crippen LogP contribution in [0, 0.1) is 13.8 Å². The van der Waals surface area contributed by atoms with Gasteiger partial charge in [0.1, 0.15) is 31.8 Å². The van der Waals surface area contributed by atoms with E-state index in [-0.39, 0.29) is 0 Å². The molecule has 138 valence electrons. The van der Waals surface area contributed by atoms with Crippen LogP contribution in [0.25, 0.3) is 0 Å². The minimum atomic E-state index is 0.515. The number of allylic oxidation sites excluding steroid dienone is 1. The highest BCUT2D eigenvalue weighted by atomic mass is 16.6. The molecule has 4 heteroatoms. The fraction of sp³-hybridized carbons (Fsp3) is 0.318. The van der Waals surface area contributed by atoms with E-state index in [0.29, 0.717) is 13.2 Å². The second-order valence-electron chi connectivity index (χ2n) is 6.11. The molecule has 0 saturated carbocycles. The average Bonchev–Trinajstić information content (AvgIpc) is 2.62. The maximum atomic E-state index is 6.06. The molecule has 0 aliphatic heterocycles. The number of oxime groups is 1. The molecule has 0 radical (unpaired) electrons. The number of rotatable bonds is 8. The smallest absolute Gasteiger partial charge is 0.125 e. The van der Waals surface area contributed by atoms with Crippen LogP contribution in [0.15, 0.2) is 53.7 Å². The molecule has 0 saturated heterocycles. The van der Waals surface area contributed by atoms with Gasteiger partial charge in [-0.2, -0.15) is 0 Å². The van der Waals surface area contributed by atoms with Gasteiger partial charge in [0.2, 0.25) is 0 Å². The van der Waals surface area contributed by atoms with Gasteiger partial charge < -0.3 is 14.3 Å². The lowest BCUT2D eigenvalue weighted by molar-refractivity contribution is 0.213. The zero-order valence-electron chi connectivity index (χ0n) is 16.2. The Kier molecular flexibility index (Phi) is 7.27. The summed E-state index contributed by atoms with van der Waals surface area (Å²) in [5.74, 6) is 1.77. The minimum Gasteiger partial charge on any atom is -0.490 e. The summed E-state index contributed by atoms with van der Waals surface area (Å²) in [6, 6.07) is 12.2. The van der Waals surface area contributed by atoms with Crippen LogP contribution in [0.3, 0.4) is 0 Å². The van der Waals surface area contributed by atoms with Gasteiger partial charge in [0, 0.05) is 0 Å².